The predicted octanol–water partition coefficient (Wildman–Crippen LogP) is 1.32. The molecule has 1 aliphatic heterocycles. The van der Waals surface area contributed by atoms with Crippen molar-refractivity contribution in [3.8, 4) is 0 Å². The number of pyridine rings is 1. The summed E-state index contributed by atoms with van der Waals surface area (Å²) in [5.74, 6) is 0.0348. The minimum absolute atomic E-state index is 0.0361. The fourth-order valence-electron chi connectivity index (χ4n) is 3.18. The average Bonchev–Trinajstić information content (AvgIpc) is 2.39. The third kappa shape index (κ3) is 2.17. The van der Waals surface area contributed by atoms with Gasteiger partial charge in [0.1, 0.15) is 0 Å². The summed E-state index contributed by atoms with van der Waals surface area (Å²) in [5.41, 5.74) is 1.32. The number of aromatic nitrogens is 1. The highest BCUT2D eigenvalue weighted by atomic mass is 16.2. The number of aryl methyl sites for hydroxylation is 1. The van der Waals surface area contributed by atoms with Gasteiger partial charge in [0.2, 0.25) is 5.91 Å². The topological polar surface area (TPSA) is 71.1 Å². The SMILES string of the molecule is Cc1cnccc1C(=O)NC1CCC(=O)NC12CCC2. The van der Waals surface area contributed by atoms with E-state index in [2.05, 4.69) is 15.6 Å². The Balaban J connectivity index is 1.75. The number of amides is 2. The summed E-state index contributed by atoms with van der Waals surface area (Å²) in [5, 5.41) is 6.19. The molecule has 0 bridgehead atoms. The van der Waals surface area contributed by atoms with Gasteiger partial charge in [-0.3, -0.25) is 14.6 Å². The fraction of sp³-hybridized carbons (Fsp3) is 0.533. The summed E-state index contributed by atoms with van der Waals surface area (Å²) in [6.07, 6.45) is 7.56. The van der Waals surface area contributed by atoms with Crippen LogP contribution in [0.1, 0.15) is 48.0 Å². The molecule has 20 heavy (non-hydrogen) atoms. The molecule has 2 amide bonds. The smallest absolute Gasteiger partial charge is 0.251 e. The fourth-order valence-corrected chi connectivity index (χ4v) is 3.18. The lowest BCUT2D eigenvalue weighted by atomic mass is 9.68. The van der Waals surface area contributed by atoms with E-state index in [9.17, 15) is 9.59 Å². The first kappa shape index (κ1) is 13.1. The number of rotatable bonds is 2. The second-order valence-electron chi connectivity index (χ2n) is 5.81. The molecule has 2 heterocycles. The van der Waals surface area contributed by atoms with E-state index >= 15 is 0 Å². The molecule has 1 unspecified atom stereocenters. The molecule has 1 saturated heterocycles. The molecule has 3 rings (SSSR count). The summed E-state index contributed by atoms with van der Waals surface area (Å²) >= 11 is 0. The number of nitrogens with zero attached hydrogens (tertiary/aromatic N) is 1. The van der Waals surface area contributed by atoms with Gasteiger partial charge in [0.25, 0.3) is 5.91 Å². The van der Waals surface area contributed by atoms with Gasteiger partial charge in [-0.15, -0.1) is 0 Å². The molecule has 5 nitrogen and oxygen atoms in total. The maximum atomic E-state index is 12.4. The van der Waals surface area contributed by atoms with Crippen LogP contribution in [0.4, 0.5) is 0 Å². The largest absolute Gasteiger partial charge is 0.349 e. The Hall–Kier alpha value is -1.91. The zero-order valence-electron chi connectivity index (χ0n) is 11.6. The summed E-state index contributed by atoms with van der Waals surface area (Å²) < 4.78 is 0. The van der Waals surface area contributed by atoms with Gasteiger partial charge in [0.15, 0.2) is 0 Å². The van der Waals surface area contributed by atoms with Gasteiger partial charge in [-0.25, -0.2) is 0 Å². The Morgan fingerprint density at radius 2 is 2.30 bits per heavy atom. The van der Waals surface area contributed by atoms with Crippen molar-refractivity contribution < 1.29 is 9.59 Å². The first-order valence-corrected chi connectivity index (χ1v) is 7.13. The molecule has 2 aliphatic rings. The van der Waals surface area contributed by atoms with E-state index in [4.69, 9.17) is 0 Å². The normalized spacial score (nSPS) is 23.9. The molecule has 1 saturated carbocycles. The highest BCUT2D eigenvalue weighted by Crippen LogP contribution is 2.38. The van der Waals surface area contributed by atoms with E-state index in [-0.39, 0.29) is 23.4 Å². The van der Waals surface area contributed by atoms with Crippen molar-refractivity contribution >= 4 is 11.8 Å². The molecule has 106 valence electrons. The summed E-state index contributed by atoms with van der Waals surface area (Å²) in [7, 11) is 0. The van der Waals surface area contributed by atoms with E-state index in [1.165, 1.54) is 0 Å². The molecule has 1 aliphatic carbocycles. The molecule has 1 aromatic heterocycles. The van der Waals surface area contributed by atoms with E-state index in [0.29, 0.717) is 12.0 Å². The van der Waals surface area contributed by atoms with Gasteiger partial charge >= 0.3 is 0 Å². The second-order valence-corrected chi connectivity index (χ2v) is 5.81. The monoisotopic (exact) mass is 273 g/mol. The number of hydrogen-bond acceptors (Lipinski definition) is 3. The van der Waals surface area contributed by atoms with Crippen LogP contribution in [0, 0.1) is 6.92 Å². The Morgan fingerprint density at radius 1 is 1.50 bits per heavy atom. The highest BCUT2D eigenvalue weighted by Gasteiger charge is 2.48. The maximum Gasteiger partial charge on any atom is 0.251 e. The molecule has 5 heteroatoms. The van der Waals surface area contributed by atoms with Crippen LogP contribution in [-0.4, -0.2) is 28.4 Å². The lowest BCUT2D eigenvalue weighted by molar-refractivity contribution is -0.127. The number of carbonyl (C=O) groups excluding carboxylic acids is 2. The minimum atomic E-state index is -0.202. The van der Waals surface area contributed by atoms with Crippen LogP contribution in [-0.2, 0) is 4.79 Å². The van der Waals surface area contributed by atoms with Crippen LogP contribution in [0.25, 0.3) is 0 Å². The Bertz CT molecular complexity index is 552. The molecular weight excluding hydrogens is 254 g/mol. The lowest BCUT2D eigenvalue weighted by Crippen LogP contribution is -2.68. The minimum Gasteiger partial charge on any atom is -0.349 e. The van der Waals surface area contributed by atoms with Crippen LogP contribution in [0.5, 0.6) is 0 Å². The van der Waals surface area contributed by atoms with Crippen LogP contribution in [0.15, 0.2) is 18.5 Å². The van der Waals surface area contributed by atoms with Crippen molar-refractivity contribution in [3.05, 3.63) is 29.6 Å². The van der Waals surface area contributed by atoms with Crippen molar-refractivity contribution in [1.29, 1.82) is 0 Å². The van der Waals surface area contributed by atoms with Crippen LogP contribution < -0.4 is 10.6 Å². The first-order valence-electron chi connectivity index (χ1n) is 7.13. The van der Waals surface area contributed by atoms with Crippen molar-refractivity contribution in [2.45, 2.75) is 50.6 Å². The lowest BCUT2D eigenvalue weighted by Gasteiger charge is -2.51. The quantitative estimate of drug-likeness (QED) is 0.853. The van der Waals surface area contributed by atoms with Crippen molar-refractivity contribution in [2.75, 3.05) is 0 Å². The van der Waals surface area contributed by atoms with E-state index < -0.39 is 0 Å². The van der Waals surface area contributed by atoms with Crippen LogP contribution >= 0.6 is 0 Å². The third-order valence-electron chi connectivity index (χ3n) is 4.53. The number of hydrogen-bond donors (Lipinski definition) is 2. The molecular formula is C15H19N3O2. The molecule has 0 radical (unpaired) electrons. The van der Waals surface area contributed by atoms with E-state index in [1.54, 1.807) is 18.5 Å². The molecule has 1 atom stereocenters. The van der Waals surface area contributed by atoms with Gasteiger partial charge in [-0.1, -0.05) is 0 Å². The average molecular weight is 273 g/mol. The number of nitrogens with one attached hydrogen (secondary N) is 2. The van der Waals surface area contributed by atoms with Crippen LogP contribution in [0.2, 0.25) is 0 Å². The summed E-state index contributed by atoms with van der Waals surface area (Å²) in [6.45, 7) is 1.88. The standard InChI is InChI=1S/C15H19N3O2/c1-10-9-16-8-5-11(10)14(20)17-12-3-4-13(19)18-15(12)6-2-7-15/h5,8-9,12H,2-4,6-7H2,1H3,(H,17,20)(H,18,19). The zero-order valence-corrected chi connectivity index (χ0v) is 11.6. The van der Waals surface area contributed by atoms with Crippen molar-refractivity contribution in [2.24, 2.45) is 0 Å². The molecule has 2 fully saturated rings. The van der Waals surface area contributed by atoms with Gasteiger partial charge in [0, 0.05) is 24.4 Å². The Kier molecular flexibility index (Phi) is 3.20. The summed E-state index contributed by atoms with van der Waals surface area (Å²) in [4.78, 5) is 28.0. The number of piperidine rings is 1. The van der Waals surface area contributed by atoms with Crippen LogP contribution in [0.3, 0.4) is 0 Å². The van der Waals surface area contributed by atoms with Gasteiger partial charge < -0.3 is 10.6 Å². The summed E-state index contributed by atoms with van der Waals surface area (Å²) in [6, 6.07) is 1.77. The molecule has 0 aromatic carbocycles. The molecule has 2 N–H and O–H groups in total. The second kappa shape index (κ2) is 4.89. The predicted molar refractivity (Wildman–Crippen MR) is 74.2 cm³/mol. The number of carbonyl (C=O) groups is 2. The third-order valence-corrected chi connectivity index (χ3v) is 4.53. The maximum absolute atomic E-state index is 12.4. The molecule has 1 aromatic rings. The van der Waals surface area contributed by atoms with E-state index in [1.807, 2.05) is 6.92 Å². The van der Waals surface area contributed by atoms with Gasteiger partial charge in [-0.2, -0.15) is 0 Å². The zero-order chi connectivity index (χ0) is 14.2. The van der Waals surface area contributed by atoms with Gasteiger partial charge in [0.05, 0.1) is 11.6 Å². The molecule has 1 spiro atoms. The first-order chi connectivity index (χ1) is 9.61. The van der Waals surface area contributed by atoms with Crippen molar-refractivity contribution in [3.63, 3.8) is 0 Å². The van der Waals surface area contributed by atoms with Crippen molar-refractivity contribution in [1.82, 2.24) is 15.6 Å². The highest BCUT2D eigenvalue weighted by molar-refractivity contribution is 5.96. The van der Waals surface area contributed by atoms with Gasteiger partial charge in [-0.05, 0) is 44.2 Å². The Morgan fingerprint density at radius 3 is 2.95 bits per heavy atom. The Labute approximate surface area is 118 Å². The van der Waals surface area contributed by atoms with E-state index in [0.717, 1.165) is 31.2 Å².